The summed E-state index contributed by atoms with van der Waals surface area (Å²) in [4.78, 5) is 22.4. The Labute approximate surface area is 157 Å². The minimum Gasteiger partial charge on any atom is -0.342 e. The number of hydrogen-bond acceptors (Lipinski definition) is 5. The Balaban J connectivity index is 1.43. The first-order chi connectivity index (χ1) is 12.7. The molecular weight excluding hydrogens is 346 g/mol. The van der Waals surface area contributed by atoms with Gasteiger partial charge in [-0.15, -0.1) is 11.3 Å². The van der Waals surface area contributed by atoms with Crippen molar-refractivity contribution >= 4 is 17.2 Å². The fraction of sp³-hybridized carbons (Fsp3) is 0.650. The number of rotatable bonds is 3. The smallest absolute Gasteiger partial charge is 0.231 e. The highest BCUT2D eigenvalue weighted by Crippen LogP contribution is 2.57. The van der Waals surface area contributed by atoms with Gasteiger partial charge in [-0.2, -0.15) is 4.98 Å². The molecule has 1 aliphatic heterocycles. The molecule has 5 nitrogen and oxygen atoms in total. The predicted octanol–water partition coefficient (Wildman–Crippen LogP) is 4.25. The molecule has 3 heterocycles. The second kappa shape index (κ2) is 6.48. The van der Waals surface area contributed by atoms with Crippen LogP contribution >= 0.6 is 11.3 Å². The molecule has 0 radical (unpaired) electrons. The first-order valence-electron chi connectivity index (χ1n) is 9.90. The van der Waals surface area contributed by atoms with Gasteiger partial charge in [0.25, 0.3) is 0 Å². The topological polar surface area (TPSA) is 59.2 Å². The number of aromatic nitrogens is 2. The molecule has 138 valence electrons. The zero-order valence-corrected chi connectivity index (χ0v) is 16.0. The lowest BCUT2D eigenvalue weighted by atomic mass is 9.78. The number of fused-ring (bicyclic) bond motifs is 2. The molecule has 3 fully saturated rings. The van der Waals surface area contributed by atoms with E-state index >= 15 is 0 Å². The summed E-state index contributed by atoms with van der Waals surface area (Å²) in [5.41, 5.74) is 0. The number of carbonyl (C=O) groups is 1. The fourth-order valence-electron chi connectivity index (χ4n) is 5.35. The Morgan fingerprint density at radius 3 is 2.77 bits per heavy atom. The van der Waals surface area contributed by atoms with Crippen molar-refractivity contribution < 1.29 is 9.32 Å². The van der Waals surface area contributed by atoms with Crippen LogP contribution in [0.1, 0.15) is 55.2 Å². The highest BCUT2D eigenvalue weighted by molar-refractivity contribution is 7.15. The first kappa shape index (κ1) is 16.5. The molecule has 5 rings (SSSR count). The Morgan fingerprint density at radius 2 is 2.00 bits per heavy atom. The Morgan fingerprint density at radius 1 is 1.19 bits per heavy atom. The van der Waals surface area contributed by atoms with Gasteiger partial charge in [-0.25, -0.2) is 0 Å². The number of aryl methyl sites for hydroxylation is 1. The standard InChI is InChI=1S/C20H25N3O2S/c1-12-5-8-15(26-12)18-21-19(25-22-18)16-13-6-7-14(11-13)17(16)20(24)23-9-3-2-4-10-23/h5,8,13-14,16-17H,2-4,6-7,9-11H2,1H3/t13-,14+,16+,17+/m1/s1. The number of thiophene rings is 1. The minimum absolute atomic E-state index is 0.0465. The number of hydrogen-bond donors (Lipinski definition) is 0. The molecule has 4 atom stereocenters. The second-order valence-electron chi connectivity index (χ2n) is 8.14. The van der Waals surface area contributed by atoms with Crippen molar-refractivity contribution in [3.8, 4) is 10.7 Å². The molecule has 2 bridgehead atoms. The molecule has 6 heteroatoms. The number of likely N-dealkylation sites (tertiary alicyclic amines) is 1. The van der Waals surface area contributed by atoms with Crippen molar-refractivity contribution in [2.45, 2.75) is 51.4 Å². The quantitative estimate of drug-likeness (QED) is 0.809. The third kappa shape index (κ3) is 2.70. The lowest BCUT2D eigenvalue weighted by Crippen LogP contribution is -2.43. The largest absolute Gasteiger partial charge is 0.342 e. The lowest BCUT2D eigenvalue weighted by molar-refractivity contribution is -0.139. The van der Waals surface area contributed by atoms with E-state index in [1.54, 1.807) is 11.3 Å². The molecular formula is C20H25N3O2S. The van der Waals surface area contributed by atoms with Crippen molar-refractivity contribution in [1.29, 1.82) is 0 Å². The van der Waals surface area contributed by atoms with Crippen molar-refractivity contribution in [2.75, 3.05) is 13.1 Å². The van der Waals surface area contributed by atoms with Gasteiger partial charge < -0.3 is 9.42 Å². The summed E-state index contributed by atoms with van der Waals surface area (Å²) >= 11 is 1.68. The van der Waals surface area contributed by atoms with Gasteiger partial charge >= 0.3 is 0 Å². The zero-order valence-electron chi connectivity index (χ0n) is 15.2. The van der Waals surface area contributed by atoms with E-state index in [0.717, 1.165) is 37.2 Å². The number of piperidine rings is 1. The van der Waals surface area contributed by atoms with E-state index in [2.05, 4.69) is 23.0 Å². The summed E-state index contributed by atoms with van der Waals surface area (Å²) in [5.74, 6) is 2.89. The average Bonchev–Trinajstić information content (AvgIpc) is 3.44. The maximum atomic E-state index is 13.3. The molecule has 0 N–H and O–H groups in total. The number of amides is 1. The molecule has 1 saturated heterocycles. The van der Waals surface area contributed by atoms with E-state index in [-0.39, 0.29) is 11.8 Å². The maximum Gasteiger partial charge on any atom is 0.231 e. The molecule has 0 spiro atoms. The highest BCUT2D eigenvalue weighted by Gasteiger charge is 2.54. The van der Waals surface area contributed by atoms with E-state index < -0.39 is 0 Å². The van der Waals surface area contributed by atoms with E-state index in [9.17, 15) is 4.79 Å². The van der Waals surface area contributed by atoms with Gasteiger partial charge in [0.2, 0.25) is 17.6 Å². The average molecular weight is 372 g/mol. The summed E-state index contributed by atoms with van der Waals surface area (Å²) in [7, 11) is 0. The van der Waals surface area contributed by atoms with Crippen LogP contribution < -0.4 is 0 Å². The van der Waals surface area contributed by atoms with Gasteiger partial charge in [0.15, 0.2) is 0 Å². The van der Waals surface area contributed by atoms with Gasteiger partial charge in [0, 0.05) is 18.0 Å². The Hall–Kier alpha value is -1.69. The highest BCUT2D eigenvalue weighted by atomic mass is 32.1. The third-order valence-corrected chi connectivity index (χ3v) is 7.55. The van der Waals surface area contributed by atoms with E-state index in [4.69, 9.17) is 9.51 Å². The Bertz CT molecular complexity index is 808. The van der Waals surface area contributed by atoms with E-state index in [1.807, 2.05) is 6.07 Å². The minimum atomic E-state index is 0.0465. The SMILES string of the molecule is Cc1ccc(-c2noc([C@H]3[C@@H]4CC[C@@H](C4)[C@@H]3C(=O)N3CCCCC3)n2)s1. The molecule has 1 amide bonds. The van der Waals surface area contributed by atoms with Gasteiger partial charge in [-0.1, -0.05) is 5.16 Å². The monoisotopic (exact) mass is 371 g/mol. The van der Waals surface area contributed by atoms with Gasteiger partial charge in [0.1, 0.15) is 0 Å². The molecule has 2 saturated carbocycles. The molecule has 0 aromatic carbocycles. The predicted molar refractivity (Wildman–Crippen MR) is 99.8 cm³/mol. The van der Waals surface area contributed by atoms with Crippen LogP contribution in [0.4, 0.5) is 0 Å². The van der Waals surface area contributed by atoms with Gasteiger partial charge in [0.05, 0.1) is 16.7 Å². The van der Waals surface area contributed by atoms with Crippen LogP contribution in [0.5, 0.6) is 0 Å². The van der Waals surface area contributed by atoms with E-state index in [0.29, 0.717) is 29.5 Å². The van der Waals surface area contributed by atoms with Crippen LogP contribution in [0.15, 0.2) is 16.7 Å². The molecule has 3 aliphatic rings. The van der Waals surface area contributed by atoms with Crippen LogP contribution in [0.3, 0.4) is 0 Å². The first-order valence-corrected chi connectivity index (χ1v) is 10.7. The summed E-state index contributed by atoms with van der Waals surface area (Å²) in [6.07, 6.45) is 7.03. The van der Waals surface area contributed by atoms with Crippen molar-refractivity contribution in [1.82, 2.24) is 15.0 Å². The summed E-state index contributed by atoms with van der Waals surface area (Å²) in [6.45, 7) is 3.92. The van der Waals surface area contributed by atoms with Crippen molar-refractivity contribution in [3.63, 3.8) is 0 Å². The summed E-state index contributed by atoms with van der Waals surface area (Å²) in [6, 6.07) is 4.13. The van der Waals surface area contributed by atoms with Gasteiger partial charge in [-0.3, -0.25) is 4.79 Å². The van der Waals surface area contributed by atoms with Crippen LogP contribution in [-0.2, 0) is 4.79 Å². The van der Waals surface area contributed by atoms with Crippen LogP contribution in [-0.4, -0.2) is 34.0 Å². The maximum absolute atomic E-state index is 13.3. The van der Waals surface area contributed by atoms with Crippen LogP contribution in [0, 0.1) is 24.7 Å². The van der Waals surface area contributed by atoms with Crippen LogP contribution in [0.2, 0.25) is 0 Å². The van der Waals surface area contributed by atoms with Crippen molar-refractivity contribution in [2.24, 2.45) is 17.8 Å². The number of nitrogens with zero attached hydrogens (tertiary/aromatic N) is 3. The lowest BCUT2D eigenvalue weighted by Gasteiger charge is -2.34. The molecule has 0 unspecified atom stereocenters. The molecule has 2 aromatic heterocycles. The second-order valence-corrected chi connectivity index (χ2v) is 9.43. The zero-order chi connectivity index (χ0) is 17.7. The molecule has 2 aromatic rings. The Kier molecular flexibility index (Phi) is 4.11. The molecule has 2 aliphatic carbocycles. The molecule has 26 heavy (non-hydrogen) atoms. The third-order valence-electron chi connectivity index (χ3n) is 6.56. The van der Waals surface area contributed by atoms with Crippen LogP contribution in [0.25, 0.3) is 10.7 Å². The summed E-state index contributed by atoms with van der Waals surface area (Å²) < 4.78 is 5.71. The number of carbonyl (C=O) groups excluding carboxylic acids is 1. The normalized spacial score (nSPS) is 30.9. The van der Waals surface area contributed by atoms with Gasteiger partial charge in [-0.05, 0) is 69.4 Å². The van der Waals surface area contributed by atoms with E-state index in [1.165, 1.54) is 24.1 Å². The summed E-state index contributed by atoms with van der Waals surface area (Å²) in [5, 5.41) is 4.23. The van der Waals surface area contributed by atoms with Crippen molar-refractivity contribution in [3.05, 3.63) is 22.9 Å². The fourth-order valence-corrected chi connectivity index (χ4v) is 6.15.